The Labute approximate surface area is 182 Å². The van der Waals surface area contributed by atoms with Crippen LogP contribution in [0.15, 0.2) is 42.5 Å². The maximum Gasteiger partial charge on any atom is 0.326 e. The van der Waals surface area contributed by atoms with E-state index in [9.17, 15) is 13.2 Å². The second-order valence-corrected chi connectivity index (χ2v) is 9.63. The molecule has 2 aliphatic rings. The summed E-state index contributed by atoms with van der Waals surface area (Å²) in [5, 5.41) is 0. The van der Waals surface area contributed by atoms with Gasteiger partial charge < -0.3 is 9.64 Å². The molecular formula is C22H26FN3O4S. The standard InChI is InChI=1S/C22H26FN3O4S/c1-25-12-6-5-9-18(25)13-17-10-11-19(30-15-16-7-3-2-4-8-16)22(21(17)23)26-14-20(27)24-31(26,28)29/h2-4,7-8,10-11,18H,5-6,9,12-15H2,1H3,(H,24,27). The van der Waals surface area contributed by atoms with Gasteiger partial charge in [0.15, 0.2) is 5.82 Å². The molecule has 1 N–H and O–H groups in total. The topological polar surface area (TPSA) is 79.0 Å². The smallest absolute Gasteiger partial charge is 0.326 e. The van der Waals surface area contributed by atoms with Crippen LogP contribution >= 0.6 is 0 Å². The second-order valence-electron chi connectivity index (χ2n) is 8.03. The first kappa shape index (κ1) is 21.6. The minimum absolute atomic E-state index is 0.0853. The number of likely N-dealkylation sites (N-methyl/N-ethyl adjacent to an activating group) is 1. The molecule has 1 amide bonds. The predicted octanol–water partition coefficient (Wildman–Crippen LogP) is 2.61. The van der Waals surface area contributed by atoms with Gasteiger partial charge in [0.2, 0.25) is 0 Å². The number of ether oxygens (including phenoxy) is 1. The number of hydrogen-bond donors (Lipinski definition) is 1. The molecule has 7 nitrogen and oxygen atoms in total. The van der Waals surface area contributed by atoms with Gasteiger partial charge in [-0.15, -0.1) is 0 Å². The third-order valence-electron chi connectivity index (χ3n) is 5.84. The Kier molecular flexibility index (Phi) is 6.15. The zero-order valence-electron chi connectivity index (χ0n) is 17.4. The van der Waals surface area contributed by atoms with E-state index in [4.69, 9.17) is 4.74 Å². The number of piperidine rings is 1. The molecular weight excluding hydrogens is 421 g/mol. The van der Waals surface area contributed by atoms with Crippen molar-refractivity contribution in [2.45, 2.75) is 38.3 Å². The van der Waals surface area contributed by atoms with Crippen LogP contribution in [-0.2, 0) is 28.0 Å². The molecule has 2 fully saturated rings. The van der Waals surface area contributed by atoms with E-state index in [2.05, 4.69) is 4.90 Å². The third-order valence-corrected chi connectivity index (χ3v) is 7.22. The zero-order chi connectivity index (χ0) is 22.0. The summed E-state index contributed by atoms with van der Waals surface area (Å²) in [6.45, 7) is 0.622. The Morgan fingerprint density at radius 3 is 2.61 bits per heavy atom. The number of carbonyl (C=O) groups is 1. The summed E-state index contributed by atoms with van der Waals surface area (Å²) >= 11 is 0. The molecule has 166 valence electrons. The molecule has 1 atom stereocenters. The Bertz CT molecular complexity index is 1060. The van der Waals surface area contributed by atoms with E-state index in [-0.39, 0.29) is 24.1 Å². The normalized spacial score (nSPS) is 21.2. The lowest BCUT2D eigenvalue weighted by Crippen LogP contribution is -2.38. The predicted molar refractivity (Wildman–Crippen MR) is 116 cm³/mol. The van der Waals surface area contributed by atoms with Crippen LogP contribution < -0.4 is 13.8 Å². The molecule has 9 heteroatoms. The number of anilines is 1. The molecule has 1 unspecified atom stereocenters. The highest BCUT2D eigenvalue weighted by Crippen LogP contribution is 2.37. The van der Waals surface area contributed by atoms with Gasteiger partial charge in [0.25, 0.3) is 5.91 Å². The zero-order valence-corrected chi connectivity index (χ0v) is 18.2. The fourth-order valence-electron chi connectivity index (χ4n) is 4.13. The van der Waals surface area contributed by atoms with Gasteiger partial charge in [-0.2, -0.15) is 8.42 Å². The Hall–Kier alpha value is -2.65. The molecule has 0 radical (unpaired) electrons. The summed E-state index contributed by atoms with van der Waals surface area (Å²) in [7, 11) is -2.15. The van der Waals surface area contributed by atoms with Crippen molar-refractivity contribution in [3.8, 4) is 5.75 Å². The minimum Gasteiger partial charge on any atom is -0.487 e. The summed E-state index contributed by atoms with van der Waals surface area (Å²) in [6, 6.07) is 12.7. The van der Waals surface area contributed by atoms with Crippen molar-refractivity contribution in [3.05, 3.63) is 59.4 Å². The van der Waals surface area contributed by atoms with Crippen LogP contribution in [0.3, 0.4) is 0 Å². The molecule has 2 saturated heterocycles. The van der Waals surface area contributed by atoms with Gasteiger partial charge in [0, 0.05) is 6.04 Å². The van der Waals surface area contributed by atoms with Crippen molar-refractivity contribution in [1.82, 2.24) is 9.62 Å². The van der Waals surface area contributed by atoms with Crippen LogP contribution in [0.1, 0.15) is 30.4 Å². The number of nitrogens with zero attached hydrogens (tertiary/aromatic N) is 2. The quantitative estimate of drug-likeness (QED) is 0.737. The average Bonchev–Trinajstić information content (AvgIpc) is 3.02. The summed E-state index contributed by atoms with van der Waals surface area (Å²) in [6.07, 6.45) is 3.62. The van der Waals surface area contributed by atoms with Crippen molar-refractivity contribution < 1.29 is 22.3 Å². The summed E-state index contributed by atoms with van der Waals surface area (Å²) in [5.74, 6) is -1.28. The molecule has 0 spiro atoms. The molecule has 2 aromatic carbocycles. The lowest BCUT2D eigenvalue weighted by atomic mass is 9.95. The molecule has 2 aromatic rings. The van der Waals surface area contributed by atoms with Gasteiger partial charge in [0.1, 0.15) is 24.6 Å². The van der Waals surface area contributed by atoms with Crippen molar-refractivity contribution in [2.75, 3.05) is 24.4 Å². The first-order valence-corrected chi connectivity index (χ1v) is 11.8. The Balaban J connectivity index is 1.69. The van der Waals surface area contributed by atoms with E-state index >= 15 is 4.39 Å². The van der Waals surface area contributed by atoms with E-state index in [1.807, 2.05) is 42.1 Å². The molecule has 31 heavy (non-hydrogen) atoms. The van der Waals surface area contributed by atoms with Crippen molar-refractivity contribution in [3.63, 3.8) is 0 Å². The Morgan fingerprint density at radius 1 is 1.16 bits per heavy atom. The fourth-order valence-corrected chi connectivity index (χ4v) is 5.29. The fraction of sp³-hybridized carbons (Fsp3) is 0.409. The maximum absolute atomic E-state index is 15.7. The average molecular weight is 448 g/mol. The van der Waals surface area contributed by atoms with Crippen molar-refractivity contribution in [1.29, 1.82) is 0 Å². The highest BCUT2D eigenvalue weighted by atomic mass is 32.2. The van der Waals surface area contributed by atoms with Gasteiger partial charge >= 0.3 is 10.2 Å². The van der Waals surface area contributed by atoms with Crippen molar-refractivity contribution in [2.24, 2.45) is 0 Å². The first-order valence-electron chi connectivity index (χ1n) is 10.4. The summed E-state index contributed by atoms with van der Waals surface area (Å²) in [4.78, 5) is 14.0. The second kappa shape index (κ2) is 8.84. The van der Waals surface area contributed by atoms with Gasteiger partial charge in [-0.3, -0.25) is 4.79 Å². The third kappa shape index (κ3) is 4.67. The number of amides is 1. The van der Waals surface area contributed by atoms with E-state index in [0.29, 0.717) is 12.0 Å². The van der Waals surface area contributed by atoms with Crippen LogP contribution in [0.4, 0.5) is 10.1 Å². The number of hydrogen-bond acceptors (Lipinski definition) is 5. The number of benzene rings is 2. The molecule has 0 aromatic heterocycles. The lowest BCUT2D eigenvalue weighted by Gasteiger charge is -2.33. The molecule has 0 saturated carbocycles. The van der Waals surface area contributed by atoms with E-state index < -0.39 is 28.5 Å². The molecule has 2 aliphatic heterocycles. The van der Waals surface area contributed by atoms with Gasteiger partial charge in [0.05, 0.1) is 0 Å². The number of likely N-dealkylation sites (tertiary alicyclic amines) is 1. The Morgan fingerprint density at radius 2 is 1.94 bits per heavy atom. The van der Waals surface area contributed by atoms with E-state index in [1.54, 1.807) is 12.1 Å². The number of rotatable bonds is 6. The first-order chi connectivity index (χ1) is 14.8. The lowest BCUT2D eigenvalue weighted by molar-refractivity contribution is -0.117. The molecule has 0 aliphatic carbocycles. The molecule has 4 rings (SSSR count). The van der Waals surface area contributed by atoms with Gasteiger partial charge in [-0.05, 0) is 50.0 Å². The highest BCUT2D eigenvalue weighted by molar-refractivity contribution is 7.92. The van der Waals surface area contributed by atoms with E-state index in [1.165, 1.54) is 0 Å². The van der Waals surface area contributed by atoms with Crippen molar-refractivity contribution >= 4 is 21.8 Å². The number of halogens is 1. The van der Waals surface area contributed by atoms with E-state index in [0.717, 1.165) is 35.7 Å². The number of nitrogens with one attached hydrogen (secondary N) is 1. The van der Waals surface area contributed by atoms with Crippen LogP contribution in [0, 0.1) is 5.82 Å². The van der Waals surface area contributed by atoms with Gasteiger partial charge in [-0.1, -0.05) is 42.8 Å². The summed E-state index contributed by atoms with van der Waals surface area (Å²) in [5.41, 5.74) is 1.06. The summed E-state index contributed by atoms with van der Waals surface area (Å²) < 4.78 is 49.1. The molecule has 2 heterocycles. The monoisotopic (exact) mass is 447 g/mol. The van der Waals surface area contributed by atoms with Crippen LogP contribution in [0.25, 0.3) is 0 Å². The molecule has 0 bridgehead atoms. The van der Waals surface area contributed by atoms with Gasteiger partial charge in [-0.25, -0.2) is 13.4 Å². The SMILES string of the molecule is CN1CCCCC1Cc1ccc(OCc2ccccc2)c(N2CC(=O)NS2(=O)=O)c1F. The largest absolute Gasteiger partial charge is 0.487 e. The number of carbonyl (C=O) groups excluding carboxylic acids is 1. The maximum atomic E-state index is 15.7. The van der Waals surface area contributed by atoms with Crippen LogP contribution in [0.2, 0.25) is 0 Å². The highest BCUT2D eigenvalue weighted by Gasteiger charge is 2.38. The van der Waals surface area contributed by atoms with Crippen LogP contribution in [0.5, 0.6) is 5.75 Å². The van der Waals surface area contributed by atoms with Crippen LogP contribution in [-0.4, -0.2) is 45.4 Å². The minimum atomic E-state index is -4.17.